The van der Waals surface area contributed by atoms with Gasteiger partial charge in [-0.2, -0.15) is 4.98 Å². The van der Waals surface area contributed by atoms with E-state index in [1.54, 1.807) is 25.3 Å². The summed E-state index contributed by atoms with van der Waals surface area (Å²) >= 11 is 0. The average molecular weight is 412 g/mol. The van der Waals surface area contributed by atoms with Crippen LogP contribution in [0, 0.1) is 0 Å². The molecule has 0 fully saturated rings. The number of rotatable bonds is 8. The summed E-state index contributed by atoms with van der Waals surface area (Å²) in [7, 11) is 3.46. The summed E-state index contributed by atoms with van der Waals surface area (Å²) in [6, 6.07) is 6.11. The minimum atomic E-state index is -0.214. The lowest BCUT2D eigenvalue weighted by Gasteiger charge is -2.44. The van der Waals surface area contributed by atoms with Crippen molar-refractivity contribution in [3.05, 3.63) is 30.0 Å². The lowest BCUT2D eigenvalue weighted by atomic mass is 10.0. The van der Waals surface area contributed by atoms with Crippen LogP contribution in [0.15, 0.2) is 24.4 Å². The van der Waals surface area contributed by atoms with Gasteiger partial charge in [0.25, 0.3) is 0 Å². The SMILES string of the molecule is CCc1ccc(Nc2ncc3c(n2)N(C(CC)CC)[C@H](CC)C(=O)N3C)c(OC)c1. The van der Waals surface area contributed by atoms with Gasteiger partial charge in [0.05, 0.1) is 19.0 Å². The quantitative estimate of drug-likeness (QED) is 0.688. The fourth-order valence-corrected chi connectivity index (χ4v) is 4.12. The predicted octanol–water partition coefficient (Wildman–Crippen LogP) is 4.54. The number of benzene rings is 1. The molecule has 0 saturated heterocycles. The molecule has 1 aromatic carbocycles. The number of aryl methyl sites for hydroxylation is 1. The molecule has 2 heterocycles. The van der Waals surface area contributed by atoms with Gasteiger partial charge in [-0.3, -0.25) is 4.79 Å². The van der Waals surface area contributed by atoms with Crippen molar-refractivity contribution in [3.8, 4) is 5.75 Å². The maximum atomic E-state index is 13.0. The van der Waals surface area contributed by atoms with Crippen molar-refractivity contribution in [2.75, 3.05) is 29.3 Å². The molecule has 7 heteroatoms. The summed E-state index contributed by atoms with van der Waals surface area (Å²) < 4.78 is 5.55. The van der Waals surface area contributed by atoms with E-state index in [2.05, 4.69) is 49.0 Å². The normalized spacial score (nSPS) is 16.1. The number of nitrogens with zero attached hydrogens (tertiary/aromatic N) is 4. The summed E-state index contributed by atoms with van der Waals surface area (Å²) in [4.78, 5) is 26.2. The third-order valence-corrected chi connectivity index (χ3v) is 5.95. The van der Waals surface area contributed by atoms with Gasteiger partial charge in [-0.1, -0.05) is 33.8 Å². The Balaban J connectivity index is 2.04. The molecule has 1 amide bonds. The zero-order valence-corrected chi connectivity index (χ0v) is 18.9. The minimum Gasteiger partial charge on any atom is -0.495 e. The summed E-state index contributed by atoms with van der Waals surface area (Å²) in [6.07, 6.45) is 5.30. The number of aromatic nitrogens is 2. The van der Waals surface area contributed by atoms with Crippen molar-refractivity contribution in [2.24, 2.45) is 0 Å². The Bertz CT molecular complexity index is 897. The van der Waals surface area contributed by atoms with E-state index in [0.29, 0.717) is 5.95 Å². The molecule has 0 bridgehead atoms. The fourth-order valence-electron chi connectivity index (χ4n) is 4.12. The second kappa shape index (κ2) is 9.32. The van der Waals surface area contributed by atoms with Crippen LogP contribution < -0.4 is 19.9 Å². The van der Waals surface area contributed by atoms with Gasteiger partial charge < -0.3 is 19.9 Å². The van der Waals surface area contributed by atoms with Crippen molar-refractivity contribution in [1.82, 2.24) is 9.97 Å². The van der Waals surface area contributed by atoms with Crippen LogP contribution in [-0.4, -0.2) is 42.1 Å². The van der Waals surface area contributed by atoms with E-state index in [1.165, 1.54) is 5.56 Å². The first kappa shape index (κ1) is 21.9. The van der Waals surface area contributed by atoms with Crippen LogP contribution in [0.3, 0.4) is 0 Å². The molecule has 1 aromatic heterocycles. The van der Waals surface area contributed by atoms with Crippen molar-refractivity contribution < 1.29 is 9.53 Å². The Morgan fingerprint density at radius 2 is 1.93 bits per heavy atom. The predicted molar refractivity (Wildman–Crippen MR) is 122 cm³/mol. The van der Waals surface area contributed by atoms with E-state index < -0.39 is 0 Å². The topological polar surface area (TPSA) is 70.6 Å². The lowest BCUT2D eigenvalue weighted by molar-refractivity contribution is -0.120. The van der Waals surface area contributed by atoms with Crippen LogP contribution >= 0.6 is 0 Å². The molecule has 1 aliphatic heterocycles. The van der Waals surface area contributed by atoms with Crippen molar-refractivity contribution in [1.29, 1.82) is 0 Å². The molecule has 2 aromatic rings. The molecule has 162 valence electrons. The number of hydrogen-bond acceptors (Lipinski definition) is 6. The molecule has 30 heavy (non-hydrogen) atoms. The average Bonchev–Trinajstić information content (AvgIpc) is 2.78. The Morgan fingerprint density at radius 1 is 1.20 bits per heavy atom. The Kier molecular flexibility index (Phi) is 6.80. The smallest absolute Gasteiger partial charge is 0.249 e. The van der Waals surface area contributed by atoms with Crippen molar-refractivity contribution >= 4 is 29.0 Å². The molecule has 3 rings (SSSR count). The number of ether oxygens (including phenoxy) is 1. The Labute approximate surface area is 179 Å². The van der Waals surface area contributed by atoms with E-state index in [1.807, 2.05) is 12.1 Å². The zero-order valence-electron chi connectivity index (χ0n) is 18.9. The first-order chi connectivity index (χ1) is 14.5. The largest absolute Gasteiger partial charge is 0.495 e. The number of nitrogens with one attached hydrogen (secondary N) is 1. The molecule has 0 radical (unpaired) electrons. The standard InChI is InChI=1S/C23H33N5O2/c1-7-15-11-12-17(20(13-15)30-6)25-23-24-14-19-21(26-23)28(16(8-2)9-3)18(10-4)22(29)27(19)5/h11-14,16,18H,7-10H2,1-6H3,(H,24,25,26)/t18-/m1/s1. The highest BCUT2D eigenvalue weighted by Crippen LogP contribution is 2.38. The number of carbonyl (C=O) groups excluding carboxylic acids is 1. The van der Waals surface area contributed by atoms with Crippen molar-refractivity contribution in [3.63, 3.8) is 0 Å². The van der Waals surface area contributed by atoms with Crippen LogP contribution in [0.1, 0.15) is 52.5 Å². The Hall–Kier alpha value is -2.83. The summed E-state index contributed by atoms with van der Waals surface area (Å²) in [5.41, 5.74) is 2.76. The number of likely N-dealkylation sites (N-methyl/N-ethyl adjacent to an activating group) is 1. The number of hydrogen-bond donors (Lipinski definition) is 1. The number of amides is 1. The molecule has 7 nitrogen and oxygen atoms in total. The Morgan fingerprint density at radius 3 is 2.53 bits per heavy atom. The molecule has 0 spiro atoms. The molecular formula is C23H33N5O2. The van der Waals surface area contributed by atoms with Crippen LogP contribution in [0.4, 0.5) is 23.1 Å². The van der Waals surface area contributed by atoms with E-state index >= 15 is 0 Å². The zero-order chi connectivity index (χ0) is 21.8. The highest BCUT2D eigenvalue weighted by atomic mass is 16.5. The van der Waals surface area contributed by atoms with Crippen LogP contribution in [0.5, 0.6) is 5.75 Å². The van der Waals surface area contributed by atoms with Gasteiger partial charge in [-0.25, -0.2) is 4.98 Å². The van der Waals surface area contributed by atoms with Gasteiger partial charge in [-0.05, 0) is 43.4 Å². The lowest BCUT2D eigenvalue weighted by Crippen LogP contribution is -2.56. The van der Waals surface area contributed by atoms with E-state index in [-0.39, 0.29) is 18.0 Å². The molecule has 0 aliphatic carbocycles. The number of fused-ring (bicyclic) bond motifs is 1. The number of carbonyl (C=O) groups is 1. The van der Waals surface area contributed by atoms with Gasteiger partial charge in [0.15, 0.2) is 5.82 Å². The maximum absolute atomic E-state index is 13.0. The maximum Gasteiger partial charge on any atom is 0.249 e. The molecule has 1 N–H and O–H groups in total. The molecule has 0 saturated carbocycles. The third kappa shape index (κ3) is 3.93. The van der Waals surface area contributed by atoms with Crippen LogP contribution in [-0.2, 0) is 11.2 Å². The number of methoxy groups -OCH3 is 1. The van der Waals surface area contributed by atoms with Gasteiger partial charge in [-0.15, -0.1) is 0 Å². The first-order valence-electron chi connectivity index (χ1n) is 10.9. The van der Waals surface area contributed by atoms with Crippen LogP contribution in [0.25, 0.3) is 0 Å². The molecule has 1 aliphatic rings. The monoisotopic (exact) mass is 411 g/mol. The van der Waals surface area contributed by atoms with Crippen LogP contribution in [0.2, 0.25) is 0 Å². The van der Waals surface area contributed by atoms with Gasteiger partial charge >= 0.3 is 0 Å². The molecule has 0 unspecified atom stereocenters. The summed E-state index contributed by atoms with van der Waals surface area (Å²) in [6.45, 7) is 8.48. The highest BCUT2D eigenvalue weighted by molar-refractivity contribution is 6.04. The molecular weight excluding hydrogens is 378 g/mol. The van der Waals surface area contributed by atoms with E-state index in [9.17, 15) is 4.79 Å². The van der Waals surface area contributed by atoms with E-state index in [0.717, 1.165) is 48.6 Å². The highest BCUT2D eigenvalue weighted by Gasteiger charge is 2.39. The van der Waals surface area contributed by atoms with Gasteiger partial charge in [0.1, 0.15) is 17.5 Å². The van der Waals surface area contributed by atoms with Gasteiger partial charge in [0.2, 0.25) is 11.9 Å². The minimum absolute atomic E-state index is 0.0954. The fraction of sp³-hybridized carbons (Fsp3) is 0.522. The summed E-state index contributed by atoms with van der Waals surface area (Å²) in [5.74, 6) is 2.15. The van der Waals surface area contributed by atoms with E-state index in [4.69, 9.17) is 9.72 Å². The van der Waals surface area contributed by atoms with Crippen molar-refractivity contribution in [2.45, 2.75) is 65.5 Å². The first-order valence-corrected chi connectivity index (χ1v) is 10.9. The second-order valence-corrected chi connectivity index (χ2v) is 7.61. The van der Waals surface area contributed by atoms with Gasteiger partial charge in [0, 0.05) is 13.1 Å². The third-order valence-electron chi connectivity index (χ3n) is 5.95. The molecule has 1 atom stereocenters. The number of anilines is 4. The summed E-state index contributed by atoms with van der Waals surface area (Å²) in [5, 5.41) is 3.30. The second-order valence-electron chi connectivity index (χ2n) is 7.61.